The van der Waals surface area contributed by atoms with E-state index in [0.717, 1.165) is 9.81 Å². The Morgan fingerprint density at radius 2 is 1.47 bits per heavy atom. The summed E-state index contributed by atoms with van der Waals surface area (Å²) in [4.78, 5) is 2.10. The molecule has 0 saturated carbocycles. The van der Waals surface area contributed by atoms with E-state index in [1.54, 1.807) is 47.0 Å². The maximum absolute atomic E-state index is 11.4. The van der Waals surface area contributed by atoms with Crippen LogP contribution in [0.15, 0.2) is 29.1 Å². The van der Waals surface area contributed by atoms with Gasteiger partial charge in [-0.1, -0.05) is 47.0 Å². The molecule has 15 heavy (non-hydrogen) atoms. The van der Waals surface area contributed by atoms with Crippen molar-refractivity contribution in [2.45, 2.75) is 0 Å². The van der Waals surface area contributed by atoms with E-state index in [0.29, 0.717) is 0 Å². The molecule has 0 atom stereocenters. The molecule has 0 amide bonds. The molecule has 3 rings (SSSR count). The topological polar surface area (TPSA) is 34.1 Å². The van der Waals surface area contributed by atoms with Gasteiger partial charge in [-0.3, -0.25) is 0 Å². The summed E-state index contributed by atoms with van der Waals surface area (Å²) in [5.74, 6) is 0.499. The lowest BCUT2D eigenvalue weighted by atomic mass is 10.6. The smallest absolute Gasteiger partial charge is 0.159 e. The Balaban J connectivity index is 1.83. The number of hydrogen-bond donors (Lipinski definition) is 0. The van der Waals surface area contributed by atoms with E-state index < -0.39 is 9.84 Å². The number of rotatable bonds is 0. The number of thioether (sulfide) groups is 4. The van der Waals surface area contributed by atoms with E-state index in [2.05, 4.69) is 10.8 Å². The summed E-state index contributed by atoms with van der Waals surface area (Å²) in [6, 6.07) is 0. The third-order valence-corrected chi connectivity index (χ3v) is 9.17. The van der Waals surface area contributed by atoms with Crippen molar-refractivity contribution in [2.24, 2.45) is 0 Å². The molecule has 0 spiro atoms. The monoisotopic (exact) mass is 294 g/mol. The van der Waals surface area contributed by atoms with Gasteiger partial charge in [0.25, 0.3) is 0 Å². The van der Waals surface area contributed by atoms with Gasteiger partial charge in [0.05, 0.1) is 20.0 Å². The van der Waals surface area contributed by atoms with E-state index in [-0.39, 0.29) is 11.5 Å². The Bertz CT molecular complexity index is 475. The molecule has 0 bridgehead atoms. The van der Waals surface area contributed by atoms with Gasteiger partial charge in [-0.25, -0.2) is 8.42 Å². The van der Waals surface area contributed by atoms with E-state index in [4.69, 9.17) is 0 Å². The summed E-state index contributed by atoms with van der Waals surface area (Å²) < 4.78 is 25.3. The molecule has 0 fully saturated rings. The molecule has 0 unspecified atom stereocenters. The van der Waals surface area contributed by atoms with Gasteiger partial charge >= 0.3 is 0 Å². The summed E-state index contributed by atoms with van der Waals surface area (Å²) in [7, 11) is -2.82. The van der Waals surface area contributed by atoms with Crippen molar-refractivity contribution in [1.82, 2.24) is 0 Å². The highest BCUT2D eigenvalue weighted by atomic mass is 32.2. The van der Waals surface area contributed by atoms with Crippen LogP contribution in [0.4, 0.5) is 0 Å². The van der Waals surface area contributed by atoms with E-state index in [9.17, 15) is 8.42 Å². The number of hydrogen-bond acceptors (Lipinski definition) is 6. The molecule has 3 heterocycles. The van der Waals surface area contributed by atoms with Crippen molar-refractivity contribution in [2.75, 3.05) is 11.5 Å². The summed E-state index contributed by atoms with van der Waals surface area (Å²) in [6.45, 7) is 0. The molecule has 0 aromatic heterocycles. The van der Waals surface area contributed by atoms with Crippen molar-refractivity contribution in [3.63, 3.8) is 0 Å². The first-order chi connectivity index (χ1) is 7.14. The van der Waals surface area contributed by atoms with Gasteiger partial charge in [-0.15, -0.1) is 0 Å². The number of sulfone groups is 1. The Kier molecular flexibility index (Phi) is 2.71. The zero-order valence-electron chi connectivity index (χ0n) is 7.43. The van der Waals surface area contributed by atoms with E-state index >= 15 is 0 Å². The van der Waals surface area contributed by atoms with Gasteiger partial charge in [-0.05, 0) is 10.8 Å². The average molecular weight is 294 g/mol. The summed E-state index contributed by atoms with van der Waals surface area (Å²) in [5, 5.41) is 4.13. The van der Waals surface area contributed by atoms with Crippen LogP contribution in [0.3, 0.4) is 0 Å². The molecule has 3 aliphatic heterocycles. The highest BCUT2D eigenvalue weighted by molar-refractivity contribution is 8.34. The second-order valence-electron chi connectivity index (χ2n) is 3.17. The highest BCUT2D eigenvalue weighted by Crippen LogP contribution is 2.58. The summed E-state index contributed by atoms with van der Waals surface area (Å²) in [6.07, 6.45) is 0. The maximum Gasteiger partial charge on any atom is 0.159 e. The van der Waals surface area contributed by atoms with Crippen molar-refractivity contribution < 1.29 is 8.42 Å². The van der Waals surface area contributed by atoms with Gasteiger partial charge in [0.2, 0.25) is 0 Å². The van der Waals surface area contributed by atoms with Crippen molar-refractivity contribution in [3.8, 4) is 0 Å². The van der Waals surface area contributed by atoms with Crippen LogP contribution in [0.1, 0.15) is 0 Å². The van der Waals surface area contributed by atoms with Crippen LogP contribution < -0.4 is 0 Å². The van der Waals surface area contributed by atoms with Gasteiger partial charge in [0.15, 0.2) is 9.84 Å². The first kappa shape index (κ1) is 10.7. The average Bonchev–Trinajstić information content (AvgIpc) is 2.74. The molecule has 0 radical (unpaired) electrons. The van der Waals surface area contributed by atoms with Crippen LogP contribution in [0.5, 0.6) is 0 Å². The molecule has 7 heteroatoms. The second kappa shape index (κ2) is 3.80. The molecule has 0 aliphatic carbocycles. The molecule has 0 N–H and O–H groups in total. The predicted molar refractivity (Wildman–Crippen MR) is 72.2 cm³/mol. The van der Waals surface area contributed by atoms with Crippen LogP contribution in [-0.2, 0) is 9.84 Å². The molecular formula is C8H6O2S5. The lowest BCUT2D eigenvalue weighted by Crippen LogP contribution is -2.03. The minimum Gasteiger partial charge on any atom is -0.228 e. The third kappa shape index (κ3) is 2.04. The van der Waals surface area contributed by atoms with Crippen molar-refractivity contribution >= 4 is 56.9 Å². The minimum atomic E-state index is -2.82. The van der Waals surface area contributed by atoms with Crippen molar-refractivity contribution in [1.29, 1.82) is 0 Å². The van der Waals surface area contributed by atoms with E-state index in [1.807, 2.05) is 0 Å². The van der Waals surface area contributed by atoms with Crippen LogP contribution in [0.25, 0.3) is 0 Å². The van der Waals surface area contributed by atoms with Crippen LogP contribution in [0, 0.1) is 0 Å². The van der Waals surface area contributed by atoms with Gasteiger partial charge in [0, 0.05) is 9.81 Å². The van der Waals surface area contributed by atoms with Crippen LogP contribution in [0.2, 0.25) is 0 Å². The first-order valence-corrected chi connectivity index (χ1v) is 9.36. The Labute approximate surface area is 105 Å². The first-order valence-electron chi connectivity index (χ1n) is 4.15. The molecule has 3 aliphatic rings. The van der Waals surface area contributed by atoms with Crippen LogP contribution >= 0.6 is 47.0 Å². The Hall–Kier alpha value is 0.570. The molecular weight excluding hydrogens is 288 g/mol. The molecule has 0 saturated heterocycles. The molecule has 2 nitrogen and oxygen atoms in total. The largest absolute Gasteiger partial charge is 0.228 e. The standard InChI is InChI=1S/C8H6O2S5/c9-15(10)3-5-6(4-15)14-8(13-5)7-11-1-2-12-7/h1-2H,3-4H2. The second-order valence-corrected chi connectivity index (χ2v) is 9.79. The molecule has 0 aromatic rings. The predicted octanol–water partition coefficient (Wildman–Crippen LogP) is 3.18. The fourth-order valence-electron chi connectivity index (χ4n) is 1.42. The quantitative estimate of drug-likeness (QED) is 0.682. The Morgan fingerprint density at radius 1 is 0.933 bits per heavy atom. The summed E-state index contributed by atoms with van der Waals surface area (Å²) in [5.41, 5.74) is 0. The lowest BCUT2D eigenvalue weighted by molar-refractivity contribution is 0.603. The molecule has 0 aromatic carbocycles. The maximum atomic E-state index is 11.4. The van der Waals surface area contributed by atoms with E-state index in [1.165, 1.54) is 8.47 Å². The third-order valence-electron chi connectivity index (χ3n) is 2.02. The molecule has 80 valence electrons. The fourth-order valence-corrected chi connectivity index (χ4v) is 8.92. The minimum absolute atomic E-state index is 0.250. The fraction of sp³-hybridized carbons (Fsp3) is 0.250. The SMILES string of the molecule is O=S1(=O)CC2=C(C1)SC(=C1SC=CS1)S2. The zero-order valence-corrected chi connectivity index (χ0v) is 11.5. The lowest BCUT2D eigenvalue weighted by Gasteiger charge is -2.03. The Morgan fingerprint density at radius 3 is 2.00 bits per heavy atom. The highest BCUT2D eigenvalue weighted by Gasteiger charge is 2.35. The van der Waals surface area contributed by atoms with Crippen molar-refractivity contribution in [3.05, 3.63) is 29.1 Å². The normalized spacial score (nSPS) is 28.0. The van der Waals surface area contributed by atoms with Gasteiger partial charge < -0.3 is 0 Å². The zero-order chi connectivity index (χ0) is 10.5. The van der Waals surface area contributed by atoms with Crippen LogP contribution in [-0.4, -0.2) is 19.9 Å². The summed E-state index contributed by atoms with van der Waals surface area (Å²) >= 11 is 6.73. The van der Waals surface area contributed by atoms with Gasteiger partial charge in [-0.2, -0.15) is 0 Å². The van der Waals surface area contributed by atoms with Gasteiger partial charge in [0.1, 0.15) is 0 Å².